The smallest absolute Gasteiger partial charge is 0.0187 e. The summed E-state index contributed by atoms with van der Waals surface area (Å²) in [6.07, 6.45) is 2.09. The van der Waals surface area contributed by atoms with Gasteiger partial charge in [0.25, 0.3) is 0 Å². The minimum absolute atomic E-state index is 1.05. The van der Waals surface area contributed by atoms with Gasteiger partial charge in [0, 0.05) is 0 Å². The van der Waals surface area contributed by atoms with Crippen LogP contribution in [-0.4, -0.2) is 0 Å². The Morgan fingerprint density at radius 3 is 2.19 bits per heavy atom. The molecule has 0 aliphatic carbocycles. The van der Waals surface area contributed by atoms with Crippen LogP contribution in [0.2, 0.25) is 0 Å². The minimum Gasteiger partial charge on any atom is -0.0958 e. The van der Waals surface area contributed by atoms with Crippen LogP contribution in [-0.2, 0) is 0 Å². The minimum atomic E-state index is 1.05. The normalized spacial score (nSPS) is 11.4. The van der Waals surface area contributed by atoms with E-state index in [1.165, 1.54) is 22.3 Å². The molecule has 0 nitrogen and oxygen atoms in total. The van der Waals surface area contributed by atoms with E-state index in [0.717, 1.165) is 11.1 Å². The van der Waals surface area contributed by atoms with Crippen LogP contribution in [0.5, 0.6) is 0 Å². The lowest BCUT2D eigenvalue weighted by Crippen LogP contribution is -1.86. The van der Waals surface area contributed by atoms with Gasteiger partial charge in [-0.3, -0.25) is 0 Å². The summed E-state index contributed by atoms with van der Waals surface area (Å²) in [4.78, 5) is 0. The second-order valence-corrected chi connectivity index (χ2v) is 4.43. The van der Waals surface area contributed by atoms with Gasteiger partial charge >= 0.3 is 0 Å². The standard InChI is InChI=1S/C16H20/c1-11(2)13(4)9-15(6)16-8-7-12(3)14(5)10-16/h7-10H,1,6H2,2-5H3/b13-9-. The van der Waals surface area contributed by atoms with Crippen LogP contribution in [0.25, 0.3) is 5.57 Å². The molecule has 1 rings (SSSR count). The fourth-order valence-corrected chi connectivity index (χ4v) is 1.41. The first kappa shape index (κ1) is 12.5. The summed E-state index contributed by atoms with van der Waals surface area (Å²) in [6, 6.07) is 6.44. The zero-order valence-electron chi connectivity index (χ0n) is 10.7. The molecule has 0 amide bonds. The van der Waals surface area contributed by atoms with Crippen LogP contribution in [0, 0.1) is 13.8 Å². The Morgan fingerprint density at radius 1 is 1.06 bits per heavy atom. The van der Waals surface area contributed by atoms with E-state index in [1.54, 1.807) is 0 Å². The largest absolute Gasteiger partial charge is 0.0958 e. The Labute approximate surface area is 99.0 Å². The van der Waals surface area contributed by atoms with Crippen LogP contribution in [0.3, 0.4) is 0 Å². The lowest BCUT2D eigenvalue weighted by molar-refractivity contribution is 1.32. The number of allylic oxidation sites excluding steroid dienone is 4. The lowest BCUT2D eigenvalue weighted by atomic mass is 9.99. The Bertz CT molecular complexity index is 459. The molecule has 0 bridgehead atoms. The maximum atomic E-state index is 4.10. The van der Waals surface area contributed by atoms with Crippen molar-refractivity contribution in [3.63, 3.8) is 0 Å². The highest BCUT2D eigenvalue weighted by atomic mass is 14.0. The van der Waals surface area contributed by atoms with E-state index < -0.39 is 0 Å². The molecule has 0 aromatic heterocycles. The van der Waals surface area contributed by atoms with Crippen molar-refractivity contribution in [1.82, 2.24) is 0 Å². The third-order valence-electron chi connectivity index (χ3n) is 2.94. The lowest BCUT2D eigenvalue weighted by Gasteiger charge is -2.06. The maximum Gasteiger partial charge on any atom is -0.0187 e. The molecule has 0 heteroatoms. The molecule has 16 heavy (non-hydrogen) atoms. The fraction of sp³-hybridized carbons (Fsp3) is 0.250. The molecule has 84 valence electrons. The van der Waals surface area contributed by atoms with Crippen molar-refractivity contribution in [3.8, 4) is 0 Å². The van der Waals surface area contributed by atoms with Gasteiger partial charge in [-0.05, 0) is 55.5 Å². The number of hydrogen-bond donors (Lipinski definition) is 0. The van der Waals surface area contributed by atoms with Crippen molar-refractivity contribution in [2.75, 3.05) is 0 Å². The first-order chi connectivity index (χ1) is 7.41. The maximum absolute atomic E-state index is 4.10. The van der Waals surface area contributed by atoms with Crippen LogP contribution in [0.15, 0.2) is 48.6 Å². The van der Waals surface area contributed by atoms with E-state index in [9.17, 15) is 0 Å². The van der Waals surface area contributed by atoms with Gasteiger partial charge in [-0.15, -0.1) is 0 Å². The third-order valence-corrected chi connectivity index (χ3v) is 2.94. The first-order valence-corrected chi connectivity index (χ1v) is 5.52. The second-order valence-electron chi connectivity index (χ2n) is 4.43. The molecule has 0 saturated carbocycles. The Morgan fingerprint density at radius 2 is 1.69 bits per heavy atom. The molecule has 0 atom stereocenters. The Kier molecular flexibility index (Phi) is 3.89. The number of hydrogen-bond acceptors (Lipinski definition) is 0. The fourth-order valence-electron chi connectivity index (χ4n) is 1.41. The van der Waals surface area contributed by atoms with Gasteiger partial charge in [-0.1, -0.05) is 43.0 Å². The molecule has 0 saturated heterocycles. The van der Waals surface area contributed by atoms with Crippen LogP contribution < -0.4 is 0 Å². The number of benzene rings is 1. The van der Waals surface area contributed by atoms with Crippen molar-refractivity contribution in [2.45, 2.75) is 27.7 Å². The van der Waals surface area contributed by atoms with Crippen molar-refractivity contribution in [3.05, 3.63) is 65.3 Å². The van der Waals surface area contributed by atoms with E-state index in [2.05, 4.69) is 58.2 Å². The summed E-state index contributed by atoms with van der Waals surface area (Å²) in [5.74, 6) is 0. The van der Waals surface area contributed by atoms with Crippen molar-refractivity contribution < 1.29 is 0 Å². The summed E-state index contributed by atoms with van der Waals surface area (Å²) < 4.78 is 0. The molecule has 0 spiro atoms. The Balaban J connectivity index is 3.02. The Hall–Kier alpha value is -1.56. The van der Waals surface area contributed by atoms with E-state index in [1.807, 2.05) is 6.92 Å². The third kappa shape index (κ3) is 2.96. The molecule has 1 aromatic rings. The highest BCUT2D eigenvalue weighted by molar-refractivity contribution is 5.74. The molecule has 1 aromatic carbocycles. The van der Waals surface area contributed by atoms with Crippen LogP contribution in [0.4, 0.5) is 0 Å². The van der Waals surface area contributed by atoms with Gasteiger partial charge in [0.15, 0.2) is 0 Å². The van der Waals surface area contributed by atoms with Crippen LogP contribution in [0.1, 0.15) is 30.5 Å². The number of aryl methyl sites for hydroxylation is 2. The predicted molar refractivity (Wildman–Crippen MR) is 73.5 cm³/mol. The molecule has 0 fully saturated rings. The highest BCUT2D eigenvalue weighted by Crippen LogP contribution is 2.20. The summed E-state index contributed by atoms with van der Waals surface area (Å²) in [7, 11) is 0. The second kappa shape index (κ2) is 4.98. The van der Waals surface area contributed by atoms with Gasteiger partial charge < -0.3 is 0 Å². The van der Waals surface area contributed by atoms with Crippen molar-refractivity contribution >= 4 is 5.57 Å². The quantitative estimate of drug-likeness (QED) is 0.629. The average molecular weight is 212 g/mol. The van der Waals surface area contributed by atoms with Crippen LogP contribution >= 0.6 is 0 Å². The molecule has 0 aliphatic rings. The summed E-state index contributed by atoms with van der Waals surface area (Å²) in [5, 5.41) is 0. The predicted octanol–water partition coefficient (Wildman–Crippen LogP) is 4.84. The van der Waals surface area contributed by atoms with Gasteiger partial charge in [0.1, 0.15) is 0 Å². The summed E-state index contributed by atoms with van der Waals surface area (Å²) >= 11 is 0. The molecule has 0 unspecified atom stereocenters. The molecular formula is C16H20. The van der Waals surface area contributed by atoms with Gasteiger partial charge in [-0.2, -0.15) is 0 Å². The molecule has 0 radical (unpaired) electrons. The first-order valence-electron chi connectivity index (χ1n) is 5.52. The SMILES string of the molecule is C=C(C)/C(C)=C\C(=C)c1ccc(C)c(C)c1. The average Bonchev–Trinajstić information content (AvgIpc) is 2.21. The number of rotatable bonds is 3. The summed E-state index contributed by atoms with van der Waals surface area (Å²) in [6.45, 7) is 16.4. The molecule has 0 aliphatic heterocycles. The zero-order valence-corrected chi connectivity index (χ0v) is 10.7. The van der Waals surface area contributed by atoms with E-state index in [4.69, 9.17) is 0 Å². The van der Waals surface area contributed by atoms with Crippen molar-refractivity contribution in [1.29, 1.82) is 0 Å². The molecule has 0 heterocycles. The highest BCUT2D eigenvalue weighted by Gasteiger charge is 1.99. The van der Waals surface area contributed by atoms with E-state index >= 15 is 0 Å². The topological polar surface area (TPSA) is 0 Å². The van der Waals surface area contributed by atoms with Crippen molar-refractivity contribution in [2.24, 2.45) is 0 Å². The zero-order chi connectivity index (χ0) is 12.3. The van der Waals surface area contributed by atoms with Gasteiger partial charge in [0.2, 0.25) is 0 Å². The molecular weight excluding hydrogens is 192 g/mol. The summed E-state index contributed by atoms with van der Waals surface area (Å²) in [5.41, 5.74) is 7.12. The van der Waals surface area contributed by atoms with E-state index in [0.29, 0.717) is 0 Å². The molecule has 0 N–H and O–H groups in total. The van der Waals surface area contributed by atoms with Gasteiger partial charge in [-0.25, -0.2) is 0 Å². The van der Waals surface area contributed by atoms with E-state index in [-0.39, 0.29) is 0 Å². The van der Waals surface area contributed by atoms with Gasteiger partial charge in [0.05, 0.1) is 0 Å². The monoisotopic (exact) mass is 212 g/mol.